The summed E-state index contributed by atoms with van der Waals surface area (Å²) in [5.74, 6) is 0.727. The van der Waals surface area contributed by atoms with Crippen LogP contribution in [0.4, 0.5) is 0 Å². The average molecular weight is 339 g/mol. The van der Waals surface area contributed by atoms with E-state index in [2.05, 4.69) is 10.2 Å². The number of ether oxygens (including phenoxy) is 2. The third-order valence-corrected chi connectivity index (χ3v) is 4.53. The van der Waals surface area contributed by atoms with Crippen LogP contribution in [-0.2, 0) is 16.0 Å². The summed E-state index contributed by atoms with van der Waals surface area (Å²) in [6.45, 7) is 5.47. The highest BCUT2D eigenvalue weighted by Gasteiger charge is 2.28. The molecule has 2 aliphatic rings. The second kappa shape index (κ2) is 7.99. The van der Waals surface area contributed by atoms with E-state index in [-0.39, 0.29) is 5.91 Å². The number of hydrogen-bond acceptors (Lipinski definition) is 4. The van der Waals surface area contributed by atoms with E-state index in [1.165, 1.54) is 0 Å². The fourth-order valence-corrected chi connectivity index (χ4v) is 3.17. The van der Waals surface area contributed by atoms with E-state index in [9.17, 15) is 4.79 Å². The second-order valence-electron chi connectivity index (χ2n) is 6.01. The molecule has 0 unspecified atom stereocenters. The van der Waals surface area contributed by atoms with E-state index in [0.29, 0.717) is 18.0 Å². The molecule has 1 atom stereocenters. The molecule has 1 saturated heterocycles. The van der Waals surface area contributed by atoms with E-state index in [4.69, 9.17) is 21.1 Å². The predicted octanol–water partition coefficient (Wildman–Crippen LogP) is 1.87. The number of carbonyl (C=O) groups is 1. The van der Waals surface area contributed by atoms with Crippen LogP contribution in [0.25, 0.3) is 0 Å². The molecule has 1 fully saturated rings. The van der Waals surface area contributed by atoms with Crippen molar-refractivity contribution in [3.05, 3.63) is 28.8 Å². The molecule has 2 heterocycles. The summed E-state index contributed by atoms with van der Waals surface area (Å²) in [5, 5.41) is 3.65. The number of benzene rings is 1. The molecule has 2 aliphatic heterocycles. The van der Waals surface area contributed by atoms with Crippen molar-refractivity contribution in [2.75, 3.05) is 39.4 Å². The molecule has 1 aromatic rings. The Labute approximate surface area is 141 Å². The molecule has 6 heteroatoms. The van der Waals surface area contributed by atoms with Gasteiger partial charge in [0.15, 0.2) is 6.10 Å². The maximum atomic E-state index is 12.2. The number of unbranched alkanes of at least 4 members (excludes halogenated alkanes) is 1. The van der Waals surface area contributed by atoms with E-state index < -0.39 is 6.10 Å². The van der Waals surface area contributed by atoms with Gasteiger partial charge >= 0.3 is 0 Å². The summed E-state index contributed by atoms with van der Waals surface area (Å²) in [6.07, 6.45) is 2.23. The van der Waals surface area contributed by atoms with Gasteiger partial charge in [-0.15, -0.1) is 0 Å². The van der Waals surface area contributed by atoms with Crippen LogP contribution >= 0.6 is 11.6 Å². The van der Waals surface area contributed by atoms with Crippen molar-refractivity contribution in [3.63, 3.8) is 0 Å². The second-order valence-corrected chi connectivity index (χ2v) is 6.45. The van der Waals surface area contributed by atoms with Crippen molar-refractivity contribution < 1.29 is 14.3 Å². The molecule has 5 nitrogen and oxygen atoms in total. The van der Waals surface area contributed by atoms with E-state index in [1.54, 1.807) is 6.07 Å². The van der Waals surface area contributed by atoms with Gasteiger partial charge in [-0.05, 0) is 43.1 Å². The number of halogens is 1. The lowest BCUT2D eigenvalue weighted by atomic mass is 10.1. The SMILES string of the molecule is O=C(NCCCCN1CCOCC1)[C@@H]1Cc2cc(Cl)ccc2O1. The van der Waals surface area contributed by atoms with Crippen LogP contribution in [-0.4, -0.2) is 56.3 Å². The molecule has 0 aliphatic carbocycles. The number of morpholine rings is 1. The minimum atomic E-state index is -0.428. The Balaban J connectivity index is 1.33. The van der Waals surface area contributed by atoms with E-state index >= 15 is 0 Å². The minimum Gasteiger partial charge on any atom is -0.480 e. The Kier molecular flexibility index (Phi) is 5.75. The lowest BCUT2D eigenvalue weighted by Crippen LogP contribution is -2.39. The summed E-state index contributed by atoms with van der Waals surface area (Å²) >= 11 is 5.97. The molecule has 126 valence electrons. The molecule has 3 rings (SSSR count). The summed E-state index contributed by atoms with van der Waals surface area (Å²) in [5.41, 5.74) is 1.00. The summed E-state index contributed by atoms with van der Waals surface area (Å²) in [4.78, 5) is 14.6. The van der Waals surface area contributed by atoms with Crippen LogP contribution in [0.15, 0.2) is 18.2 Å². The smallest absolute Gasteiger partial charge is 0.261 e. The molecule has 0 radical (unpaired) electrons. The maximum absolute atomic E-state index is 12.2. The van der Waals surface area contributed by atoms with Crippen LogP contribution in [0.5, 0.6) is 5.75 Å². The number of amides is 1. The zero-order valence-electron chi connectivity index (χ0n) is 13.2. The van der Waals surface area contributed by atoms with Crippen molar-refractivity contribution in [1.82, 2.24) is 10.2 Å². The van der Waals surface area contributed by atoms with E-state index in [0.717, 1.165) is 57.0 Å². The van der Waals surface area contributed by atoms with Crippen molar-refractivity contribution in [3.8, 4) is 5.75 Å². The van der Waals surface area contributed by atoms with Gasteiger partial charge in [-0.3, -0.25) is 9.69 Å². The molecular formula is C17H23ClN2O3. The van der Waals surface area contributed by atoms with Crippen molar-refractivity contribution in [2.45, 2.75) is 25.4 Å². The minimum absolute atomic E-state index is 0.0382. The number of carbonyl (C=O) groups excluding carboxylic acids is 1. The number of nitrogens with one attached hydrogen (secondary N) is 1. The van der Waals surface area contributed by atoms with Gasteiger partial charge in [-0.1, -0.05) is 11.6 Å². The van der Waals surface area contributed by atoms with Gasteiger partial charge < -0.3 is 14.8 Å². The zero-order chi connectivity index (χ0) is 16.1. The van der Waals surface area contributed by atoms with Crippen molar-refractivity contribution in [1.29, 1.82) is 0 Å². The third-order valence-electron chi connectivity index (χ3n) is 4.29. The Bertz CT molecular complexity index is 547. The molecule has 0 saturated carbocycles. The number of rotatable bonds is 6. The standard InChI is InChI=1S/C17H23ClN2O3/c18-14-3-4-15-13(11-14)12-16(23-15)17(21)19-5-1-2-6-20-7-9-22-10-8-20/h3-4,11,16H,1-2,5-10,12H2,(H,19,21)/t16-/m0/s1. The van der Waals surface area contributed by atoms with Gasteiger partial charge in [0, 0.05) is 31.1 Å². The first-order chi connectivity index (χ1) is 11.2. The van der Waals surface area contributed by atoms with Gasteiger partial charge in [0.1, 0.15) is 5.75 Å². The Morgan fingerprint density at radius 1 is 1.30 bits per heavy atom. The summed E-state index contributed by atoms with van der Waals surface area (Å²) < 4.78 is 11.0. The Morgan fingerprint density at radius 3 is 2.96 bits per heavy atom. The Hall–Kier alpha value is -1.30. The summed E-state index contributed by atoms with van der Waals surface area (Å²) in [6, 6.07) is 5.48. The number of hydrogen-bond donors (Lipinski definition) is 1. The highest BCUT2D eigenvalue weighted by Crippen LogP contribution is 2.31. The molecule has 1 N–H and O–H groups in total. The first-order valence-electron chi connectivity index (χ1n) is 8.25. The largest absolute Gasteiger partial charge is 0.480 e. The van der Waals surface area contributed by atoms with Crippen LogP contribution < -0.4 is 10.1 Å². The maximum Gasteiger partial charge on any atom is 0.261 e. The average Bonchev–Trinajstić information content (AvgIpc) is 2.98. The topological polar surface area (TPSA) is 50.8 Å². The highest BCUT2D eigenvalue weighted by atomic mass is 35.5. The van der Waals surface area contributed by atoms with Crippen molar-refractivity contribution in [2.24, 2.45) is 0 Å². The lowest BCUT2D eigenvalue weighted by Gasteiger charge is -2.26. The van der Waals surface area contributed by atoms with Crippen LogP contribution in [0.1, 0.15) is 18.4 Å². The normalized spacial score (nSPS) is 20.8. The van der Waals surface area contributed by atoms with E-state index in [1.807, 2.05) is 12.1 Å². The van der Waals surface area contributed by atoms with Crippen molar-refractivity contribution >= 4 is 17.5 Å². The third kappa shape index (κ3) is 4.59. The Morgan fingerprint density at radius 2 is 2.13 bits per heavy atom. The van der Waals surface area contributed by atoms with Crippen LogP contribution in [0.3, 0.4) is 0 Å². The zero-order valence-corrected chi connectivity index (χ0v) is 14.0. The van der Waals surface area contributed by atoms with Gasteiger partial charge in [0.05, 0.1) is 13.2 Å². The molecular weight excluding hydrogens is 316 g/mol. The predicted molar refractivity (Wildman–Crippen MR) is 89.1 cm³/mol. The number of nitrogens with zero attached hydrogens (tertiary/aromatic N) is 1. The summed E-state index contributed by atoms with van der Waals surface area (Å²) in [7, 11) is 0. The van der Waals surface area contributed by atoms with Crippen LogP contribution in [0, 0.1) is 0 Å². The quantitative estimate of drug-likeness (QED) is 0.805. The first kappa shape index (κ1) is 16.6. The first-order valence-corrected chi connectivity index (χ1v) is 8.63. The monoisotopic (exact) mass is 338 g/mol. The van der Waals surface area contributed by atoms with Crippen LogP contribution in [0.2, 0.25) is 5.02 Å². The molecule has 0 spiro atoms. The fraction of sp³-hybridized carbons (Fsp3) is 0.588. The van der Waals surface area contributed by atoms with Gasteiger partial charge in [0.25, 0.3) is 5.91 Å². The van der Waals surface area contributed by atoms with Gasteiger partial charge in [-0.25, -0.2) is 0 Å². The number of fused-ring (bicyclic) bond motifs is 1. The molecule has 0 aromatic heterocycles. The lowest BCUT2D eigenvalue weighted by molar-refractivity contribution is -0.127. The van der Waals surface area contributed by atoms with Gasteiger partial charge in [0.2, 0.25) is 0 Å². The molecule has 23 heavy (non-hydrogen) atoms. The highest BCUT2D eigenvalue weighted by molar-refractivity contribution is 6.30. The fourth-order valence-electron chi connectivity index (χ4n) is 2.97. The van der Waals surface area contributed by atoms with Gasteiger partial charge in [-0.2, -0.15) is 0 Å². The molecule has 0 bridgehead atoms. The molecule has 1 amide bonds. The molecule has 1 aromatic carbocycles.